The molecule has 3 nitrogen and oxygen atoms in total. The van der Waals surface area contributed by atoms with Crippen molar-refractivity contribution >= 4 is 0 Å². The zero-order valence-electron chi connectivity index (χ0n) is 10.7. The van der Waals surface area contributed by atoms with Gasteiger partial charge in [-0.2, -0.15) is 0 Å². The molecular formula is C13H21FN2O. The van der Waals surface area contributed by atoms with Gasteiger partial charge in [-0.3, -0.25) is 4.90 Å². The van der Waals surface area contributed by atoms with Crippen LogP contribution in [0.3, 0.4) is 0 Å². The van der Waals surface area contributed by atoms with Crippen molar-refractivity contribution in [3.63, 3.8) is 0 Å². The Kier molecular flexibility index (Phi) is 4.62. The minimum atomic E-state index is -0.324. The highest BCUT2D eigenvalue weighted by Crippen LogP contribution is 2.17. The summed E-state index contributed by atoms with van der Waals surface area (Å²) in [7, 11) is 1.91. The van der Waals surface area contributed by atoms with Crippen molar-refractivity contribution in [2.75, 3.05) is 13.7 Å². The maximum Gasteiger partial charge on any atom is 0.123 e. The third-order valence-corrected chi connectivity index (χ3v) is 3.09. The fraction of sp³-hybridized carbons (Fsp3) is 0.538. The number of rotatable bonds is 5. The summed E-state index contributed by atoms with van der Waals surface area (Å²) >= 11 is 0. The molecule has 0 aliphatic rings. The smallest absolute Gasteiger partial charge is 0.123 e. The molecule has 0 saturated carbocycles. The summed E-state index contributed by atoms with van der Waals surface area (Å²) in [6, 6.07) is 4.84. The second-order valence-corrected chi connectivity index (χ2v) is 5.00. The summed E-state index contributed by atoms with van der Waals surface area (Å²) in [4.78, 5) is 1.99. The van der Waals surface area contributed by atoms with Gasteiger partial charge >= 0.3 is 0 Å². The molecule has 3 N–H and O–H groups in total. The van der Waals surface area contributed by atoms with Crippen LogP contribution in [0.1, 0.15) is 25.0 Å². The SMILES string of the molecule is CN(Cc1cc(F)cc(CN)c1)C(C)(C)CO. The number of aliphatic hydroxyl groups is 1. The third-order valence-electron chi connectivity index (χ3n) is 3.09. The Balaban J connectivity index is 2.84. The second kappa shape index (κ2) is 5.58. The Morgan fingerprint density at radius 1 is 1.29 bits per heavy atom. The summed E-state index contributed by atoms with van der Waals surface area (Å²) < 4.78 is 13.3. The van der Waals surface area contributed by atoms with Gasteiger partial charge in [0.2, 0.25) is 0 Å². The second-order valence-electron chi connectivity index (χ2n) is 5.00. The Morgan fingerprint density at radius 3 is 2.41 bits per heavy atom. The van der Waals surface area contributed by atoms with E-state index >= 15 is 0 Å². The number of hydrogen-bond acceptors (Lipinski definition) is 3. The van der Waals surface area contributed by atoms with E-state index < -0.39 is 0 Å². The van der Waals surface area contributed by atoms with Crippen LogP contribution in [0.25, 0.3) is 0 Å². The maximum absolute atomic E-state index is 13.3. The Bertz CT molecular complexity index is 380. The number of nitrogens with two attached hydrogens (primary N) is 1. The van der Waals surface area contributed by atoms with Gasteiger partial charge < -0.3 is 10.8 Å². The average molecular weight is 240 g/mol. The lowest BCUT2D eigenvalue weighted by Crippen LogP contribution is -2.43. The molecule has 96 valence electrons. The van der Waals surface area contributed by atoms with Crippen LogP contribution < -0.4 is 5.73 Å². The molecule has 0 bridgehead atoms. The zero-order valence-corrected chi connectivity index (χ0v) is 10.7. The zero-order chi connectivity index (χ0) is 13.1. The van der Waals surface area contributed by atoms with Gasteiger partial charge in [-0.05, 0) is 44.2 Å². The van der Waals surface area contributed by atoms with Crippen molar-refractivity contribution in [3.05, 3.63) is 35.1 Å². The molecule has 0 aliphatic heterocycles. The third kappa shape index (κ3) is 3.77. The number of likely N-dealkylation sites (N-methyl/N-ethyl adjacent to an activating group) is 1. The van der Waals surface area contributed by atoms with Crippen molar-refractivity contribution in [3.8, 4) is 0 Å². The van der Waals surface area contributed by atoms with E-state index in [-0.39, 0.29) is 18.0 Å². The van der Waals surface area contributed by atoms with Gasteiger partial charge in [0.15, 0.2) is 0 Å². The molecule has 0 unspecified atom stereocenters. The highest BCUT2D eigenvalue weighted by molar-refractivity contribution is 5.24. The number of hydrogen-bond donors (Lipinski definition) is 2. The fourth-order valence-electron chi connectivity index (χ4n) is 1.54. The first-order valence-electron chi connectivity index (χ1n) is 5.69. The van der Waals surface area contributed by atoms with Crippen LogP contribution in [-0.2, 0) is 13.1 Å². The minimum absolute atomic E-state index is 0.0581. The first-order valence-corrected chi connectivity index (χ1v) is 5.69. The van der Waals surface area contributed by atoms with Gasteiger partial charge in [0.05, 0.1) is 6.61 Å². The summed E-state index contributed by atoms with van der Waals surface area (Å²) in [5.41, 5.74) is 6.84. The lowest BCUT2D eigenvalue weighted by Gasteiger charge is -2.34. The molecule has 17 heavy (non-hydrogen) atoms. The molecule has 1 aromatic carbocycles. The van der Waals surface area contributed by atoms with Gasteiger partial charge in [-0.15, -0.1) is 0 Å². The summed E-state index contributed by atoms with van der Waals surface area (Å²) in [6.07, 6.45) is 0. The fourth-order valence-corrected chi connectivity index (χ4v) is 1.54. The molecule has 0 amide bonds. The van der Waals surface area contributed by atoms with Gasteiger partial charge in [0.25, 0.3) is 0 Å². The highest BCUT2D eigenvalue weighted by Gasteiger charge is 2.22. The summed E-state index contributed by atoms with van der Waals surface area (Å²) in [5.74, 6) is -0.266. The van der Waals surface area contributed by atoms with Crippen molar-refractivity contribution < 1.29 is 9.50 Å². The molecule has 1 rings (SSSR count). The minimum Gasteiger partial charge on any atom is -0.394 e. The molecule has 0 fully saturated rings. The van der Waals surface area contributed by atoms with Gasteiger partial charge in [-0.1, -0.05) is 6.07 Å². The highest BCUT2D eigenvalue weighted by atomic mass is 19.1. The van der Waals surface area contributed by atoms with E-state index in [0.29, 0.717) is 13.1 Å². The largest absolute Gasteiger partial charge is 0.394 e. The standard InChI is InChI=1S/C13H21FN2O/c1-13(2,9-17)16(3)8-11-4-10(7-15)5-12(14)6-11/h4-6,17H,7-9,15H2,1-3H3. The molecule has 0 radical (unpaired) electrons. The number of halogens is 1. The predicted molar refractivity (Wildman–Crippen MR) is 66.9 cm³/mol. The van der Waals surface area contributed by atoms with Crippen LogP contribution in [0.4, 0.5) is 4.39 Å². The molecule has 0 spiro atoms. The van der Waals surface area contributed by atoms with E-state index in [1.807, 2.05) is 31.9 Å². The summed E-state index contributed by atoms with van der Waals surface area (Å²) in [6.45, 7) is 4.85. The van der Waals surface area contributed by atoms with Crippen molar-refractivity contribution in [1.29, 1.82) is 0 Å². The topological polar surface area (TPSA) is 49.5 Å². The van der Waals surface area contributed by atoms with E-state index in [1.54, 1.807) is 0 Å². The van der Waals surface area contributed by atoms with Crippen LogP contribution in [0.15, 0.2) is 18.2 Å². The molecule has 0 heterocycles. The van der Waals surface area contributed by atoms with Crippen LogP contribution in [-0.4, -0.2) is 29.2 Å². The Labute approximate surface area is 102 Å². The molecule has 0 atom stereocenters. The van der Waals surface area contributed by atoms with E-state index in [0.717, 1.165) is 11.1 Å². The molecular weight excluding hydrogens is 219 g/mol. The normalized spacial score (nSPS) is 12.2. The Hall–Kier alpha value is -0.970. The molecule has 0 saturated heterocycles. The number of aliphatic hydroxyl groups excluding tert-OH is 1. The number of benzene rings is 1. The summed E-state index contributed by atoms with van der Waals surface area (Å²) in [5, 5.41) is 9.26. The van der Waals surface area contributed by atoms with E-state index in [2.05, 4.69) is 0 Å². The predicted octanol–water partition coefficient (Wildman–Crippen LogP) is 1.49. The van der Waals surface area contributed by atoms with Crippen LogP contribution in [0.2, 0.25) is 0 Å². The van der Waals surface area contributed by atoms with Crippen molar-refractivity contribution in [2.45, 2.75) is 32.5 Å². The van der Waals surface area contributed by atoms with Crippen LogP contribution in [0.5, 0.6) is 0 Å². The van der Waals surface area contributed by atoms with Gasteiger partial charge in [0, 0.05) is 18.6 Å². The van der Waals surface area contributed by atoms with Crippen LogP contribution in [0, 0.1) is 5.82 Å². The quantitative estimate of drug-likeness (QED) is 0.819. The number of nitrogens with zero attached hydrogens (tertiary/aromatic N) is 1. The van der Waals surface area contributed by atoms with E-state index in [9.17, 15) is 9.50 Å². The lowest BCUT2D eigenvalue weighted by atomic mass is 10.0. The Morgan fingerprint density at radius 2 is 1.88 bits per heavy atom. The first kappa shape index (κ1) is 14.1. The van der Waals surface area contributed by atoms with E-state index in [4.69, 9.17) is 5.73 Å². The average Bonchev–Trinajstić information content (AvgIpc) is 2.28. The van der Waals surface area contributed by atoms with E-state index in [1.165, 1.54) is 12.1 Å². The van der Waals surface area contributed by atoms with Crippen LogP contribution >= 0.6 is 0 Å². The molecule has 0 aliphatic carbocycles. The van der Waals surface area contributed by atoms with Crippen molar-refractivity contribution in [2.24, 2.45) is 5.73 Å². The van der Waals surface area contributed by atoms with Crippen molar-refractivity contribution in [1.82, 2.24) is 4.90 Å². The molecule has 1 aromatic rings. The molecule has 0 aromatic heterocycles. The monoisotopic (exact) mass is 240 g/mol. The maximum atomic E-state index is 13.3. The first-order chi connectivity index (χ1) is 7.89. The molecule has 4 heteroatoms. The van der Waals surface area contributed by atoms with Gasteiger partial charge in [-0.25, -0.2) is 4.39 Å². The van der Waals surface area contributed by atoms with Gasteiger partial charge in [0.1, 0.15) is 5.82 Å². The lowest BCUT2D eigenvalue weighted by molar-refractivity contribution is 0.0733.